The minimum atomic E-state index is -4.60. The number of benzene rings is 1. The highest BCUT2D eigenvalue weighted by atomic mass is 19.4. The van der Waals surface area contributed by atoms with E-state index in [1.807, 2.05) is 4.90 Å². The van der Waals surface area contributed by atoms with Gasteiger partial charge in [-0.15, -0.1) is 10.2 Å². The topological polar surface area (TPSA) is 102 Å². The van der Waals surface area contributed by atoms with Gasteiger partial charge in [0.25, 0.3) is 5.91 Å². The lowest BCUT2D eigenvalue weighted by Gasteiger charge is -2.35. The van der Waals surface area contributed by atoms with Crippen LogP contribution in [0.2, 0.25) is 0 Å². The Morgan fingerprint density at radius 3 is 2.30 bits per heavy atom. The summed E-state index contributed by atoms with van der Waals surface area (Å²) in [6.07, 6.45) is -6.16. The molecule has 1 aliphatic heterocycles. The van der Waals surface area contributed by atoms with Gasteiger partial charge in [-0.05, 0) is 31.2 Å². The molecule has 160 valence electrons. The van der Waals surface area contributed by atoms with Crippen LogP contribution in [-0.2, 0) is 10.9 Å². The first-order valence-electron chi connectivity index (χ1n) is 9.17. The third kappa shape index (κ3) is 4.78. The summed E-state index contributed by atoms with van der Waals surface area (Å²) in [5, 5.41) is 8.11. The molecule has 0 aliphatic carbocycles. The first-order valence-corrected chi connectivity index (χ1v) is 9.17. The summed E-state index contributed by atoms with van der Waals surface area (Å²) in [7, 11) is 0. The third-order valence-corrected chi connectivity index (χ3v) is 4.73. The van der Waals surface area contributed by atoms with Crippen molar-refractivity contribution in [1.82, 2.24) is 15.1 Å². The maximum atomic E-state index is 13.2. The molecular weight excluding hydrogens is 403 g/mol. The number of halogens is 3. The number of carbonyl (C=O) groups excluding carboxylic acids is 2. The lowest BCUT2D eigenvalue weighted by atomic mass is 10.1. The summed E-state index contributed by atoms with van der Waals surface area (Å²) in [5.74, 6) is -0.103. The van der Waals surface area contributed by atoms with Gasteiger partial charge in [-0.25, -0.2) is 4.79 Å². The Kier molecular flexibility index (Phi) is 6.09. The number of amides is 2. The predicted octanol–water partition coefficient (Wildman–Crippen LogP) is 2.61. The lowest BCUT2D eigenvalue weighted by molar-refractivity contribution is -0.138. The molecule has 2 N–H and O–H groups in total. The molecule has 2 amide bonds. The number of rotatable bonds is 4. The SMILES string of the molecule is CC(OC(N)=O)c1ccc(N2CCN(C(=O)c3ccccc3C(F)(F)F)CC2)nn1. The van der Waals surface area contributed by atoms with E-state index in [4.69, 9.17) is 10.5 Å². The van der Waals surface area contributed by atoms with Crippen LogP contribution in [0.3, 0.4) is 0 Å². The number of ether oxygens (including phenoxy) is 1. The summed E-state index contributed by atoms with van der Waals surface area (Å²) in [6.45, 7) is 2.88. The Balaban J connectivity index is 1.64. The van der Waals surface area contributed by atoms with Crippen molar-refractivity contribution in [3.8, 4) is 0 Å². The second-order valence-electron chi connectivity index (χ2n) is 6.72. The van der Waals surface area contributed by atoms with E-state index in [-0.39, 0.29) is 18.7 Å². The van der Waals surface area contributed by atoms with E-state index in [1.165, 1.54) is 23.1 Å². The average molecular weight is 423 g/mol. The van der Waals surface area contributed by atoms with E-state index >= 15 is 0 Å². The second-order valence-corrected chi connectivity index (χ2v) is 6.72. The molecule has 2 aromatic rings. The molecule has 2 heterocycles. The molecule has 1 aliphatic rings. The van der Waals surface area contributed by atoms with Crippen LogP contribution in [0.15, 0.2) is 36.4 Å². The molecule has 8 nitrogen and oxygen atoms in total. The molecule has 0 saturated carbocycles. The van der Waals surface area contributed by atoms with Gasteiger partial charge >= 0.3 is 12.3 Å². The summed E-state index contributed by atoms with van der Waals surface area (Å²) in [4.78, 5) is 26.7. The van der Waals surface area contributed by atoms with Crippen molar-refractivity contribution >= 4 is 17.8 Å². The van der Waals surface area contributed by atoms with Crippen molar-refractivity contribution in [1.29, 1.82) is 0 Å². The fourth-order valence-electron chi connectivity index (χ4n) is 3.18. The monoisotopic (exact) mass is 423 g/mol. The van der Waals surface area contributed by atoms with Crippen LogP contribution in [0.4, 0.5) is 23.8 Å². The maximum Gasteiger partial charge on any atom is 0.417 e. The van der Waals surface area contributed by atoms with E-state index in [1.54, 1.807) is 19.1 Å². The smallest absolute Gasteiger partial charge is 0.417 e. The molecular formula is C19H20F3N5O3. The number of nitrogens with two attached hydrogens (primary N) is 1. The molecule has 1 saturated heterocycles. The zero-order valence-electron chi connectivity index (χ0n) is 16.1. The summed E-state index contributed by atoms with van der Waals surface area (Å²) >= 11 is 0. The van der Waals surface area contributed by atoms with E-state index < -0.39 is 29.8 Å². The van der Waals surface area contributed by atoms with Crippen LogP contribution < -0.4 is 10.6 Å². The maximum absolute atomic E-state index is 13.2. The fraction of sp³-hybridized carbons (Fsp3) is 0.368. The zero-order valence-corrected chi connectivity index (χ0v) is 16.1. The lowest BCUT2D eigenvalue weighted by Crippen LogP contribution is -2.49. The molecule has 1 aromatic carbocycles. The zero-order chi connectivity index (χ0) is 21.9. The number of alkyl halides is 3. The van der Waals surface area contributed by atoms with Gasteiger partial charge in [0.15, 0.2) is 5.82 Å². The van der Waals surface area contributed by atoms with Crippen molar-refractivity contribution in [2.45, 2.75) is 19.2 Å². The van der Waals surface area contributed by atoms with E-state index in [0.29, 0.717) is 24.6 Å². The number of primary amides is 1. The molecule has 1 aromatic heterocycles. The Hall–Kier alpha value is -3.37. The Morgan fingerprint density at radius 2 is 1.73 bits per heavy atom. The number of hydrogen-bond acceptors (Lipinski definition) is 6. The molecule has 30 heavy (non-hydrogen) atoms. The second kappa shape index (κ2) is 8.56. The highest BCUT2D eigenvalue weighted by molar-refractivity contribution is 5.96. The summed E-state index contributed by atoms with van der Waals surface area (Å²) in [5.41, 5.74) is 4.11. The number of piperazine rings is 1. The molecule has 0 radical (unpaired) electrons. The van der Waals surface area contributed by atoms with Crippen LogP contribution in [0.1, 0.15) is 34.6 Å². The van der Waals surface area contributed by atoms with Gasteiger partial charge < -0.3 is 20.3 Å². The molecule has 3 rings (SSSR count). The minimum absolute atomic E-state index is 0.246. The normalized spacial score (nSPS) is 15.6. The standard InChI is InChI=1S/C19H20F3N5O3/c1-12(30-18(23)29)15-6-7-16(25-24-15)26-8-10-27(11-9-26)17(28)13-4-2-3-5-14(13)19(20,21)22/h2-7,12H,8-11H2,1H3,(H2,23,29). The van der Waals surface area contributed by atoms with Crippen molar-refractivity contribution in [2.75, 3.05) is 31.1 Å². The summed E-state index contributed by atoms with van der Waals surface area (Å²) < 4.78 is 44.4. The van der Waals surface area contributed by atoms with Crippen LogP contribution >= 0.6 is 0 Å². The van der Waals surface area contributed by atoms with Gasteiger partial charge in [-0.2, -0.15) is 13.2 Å². The first-order chi connectivity index (χ1) is 14.2. The van der Waals surface area contributed by atoms with Crippen molar-refractivity contribution in [2.24, 2.45) is 5.73 Å². The van der Waals surface area contributed by atoms with Crippen molar-refractivity contribution in [3.63, 3.8) is 0 Å². The molecule has 11 heteroatoms. The number of hydrogen-bond donors (Lipinski definition) is 1. The third-order valence-electron chi connectivity index (χ3n) is 4.73. The highest BCUT2D eigenvalue weighted by Gasteiger charge is 2.36. The van der Waals surface area contributed by atoms with Crippen molar-refractivity contribution in [3.05, 3.63) is 53.2 Å². The number of nitrogens with zero attached hydrogens (tertiary/aromatic N) is 4. The van der Waals surface area contributed by atoms with Gasteiger partial charge in [0.2, 0.25) is 0 Å². The predicted molar refractivity (Wildman–Crippen MR) is 101 cm³/mol. The van der Waals surface area contributed by atoms with Gasteiger partial charge in [0.05, 0.1) is 11.1 Å². The first kappa shape index (κ1) is 21.3. The van der Waals surface area contributed by atoms with Gasteiger partial charge in [0.1, 0.15) is 11.8 Å². The van der Waals surface area contributed by atoms with Crippen LogP contribution in [0.5, 0.6) is 0 Å². The van der Waals surface area contributed by atoms with Gasteiger partial charge in [-0.3, -0.25) is 4.79 Å². The minimum Gasteiger partial charge on any atom is -0.440 e. The molecule has 0 bridgehead atoms. The average Bonchev–Trinajstić information content (AvgIpc) is 2.72. The van der Waals surface area contributed by atoms with Crippen LogP contribution in [-0.4, -0.2) is 53.3 Å². The largest absolute Gasteiger partial charge is 0.440 e. The van der Waals surface area contributed by atoms with Gasteiger partial charge in [0, 0.05) is 26.2 Å². The van der Waals surface area contributed by atoms with Crippen LogP contribution in [0.25, 0.3) is 0 Å². The quantitative estimate of drug-likeness (QED) is 0.811. The molecule has 1 fully saturated rings. The Bertz CT molecular complexity index is 912. The Labute approximate surface area is 170 Å². The van der Waals surface area contributed by atoms with Crippen molar-refractivity contribution < 1.29 is 27.5 Å². The number of carbonyl (C=O) groups is 2. The molecule has 1 atom stereocenters. The van der Waals surface area contributed by atoms with Gasteiger partial charge in [-0.1, -0.05) is 12.1 Å². The number of aromatic nitrogens is 2. The van der Waals surface area contributed by atoms with Crippen LogP contribution in [0, 0.1) is 0 Å². The van der Waals surface area contributed by atoms with E-state index in [2.05, 4.69) is 10.2 Å². The summed E-state index contributed by atoms with van der Waals surface area (Å²) in [6, 6.07) is 8.11. The fourth-order valence-corrected chi connectivity index (χ4v) is 3.18. The molecule has 0 spiro atoms. The van der Waals surface area contributed by atoms with E-state index in [9.17, 15) is 22.8 Å². The molecule has 1 unspecified atom stereocenters. The van der Waals surface area contributed by atoms with E-state index in [0.717, 1.165) is 6.07 Å². The highest BCUT2D eigenvalue weighted by Crippen LogP contribution is 2.32. The number of anilines is 1. The Morgan fingerprint density at radius 1 is 1.07 bits per heavy atom.